The zero-order valence-electron chi connectivity index (χ0n) is 15.7. The van der Waals surface area contributed by atoms with Gasteiger partial charge in [0.15, 0.2) is 0 Å². The molecule has 2 aromatic carbocycles. The van der Waals surface area contributed by atoms with Gasteiger partial charge in [-0.1, -0.05) is 48.5 Å². The van der Waals surface area contributed by atoms with E-state index in [0.29, 0.717) is 11.5 Å². The normalized spacial score (nSPS) is 12.3. The highest BCUT2D eigenvalue weighted by atomic mass is 32.2. The lowest BCUT2D eigenvalue weighted by Gasteiger charge is -2.19. The van der Waals surface area contributed by atoms with Gasteiger partial charge in [-0.05, 0) is 43.2 Å². The number of anilines is 1. The third-order valence-corrected chi connectivity index (χ3v) is 5.67. The molecule has 1 amide bonds. The van der Waals surface area contributed by atoms with Crippen molar-refractivity contribution in [3.63, 3.8) is 0 Å². The number of carbonyl (C=O) groups excluding carboxylic acids is 1. The monoisotopic (exact) mass is 413 g/mol. The van der Waals surface area contributed by atoms with Gasteiger partial charge in [-0.2, -0.15) is 4.72 Å². The molecule has 1 atom stereocenters. The Kier molecular flexibility index (Phi) is 6.36. The molecule has 0 bridgehead atoms. The maximum absolute atomic E-state index is 14.0. The number of nitrogens with zero attached hydrogens (tertiary/aromatic N) is 1. The third-order valence-electron chi connectivity index (χ3n) is 4.16. The molecule has 2 N–H and O–H groups in total. The number of benzene rings is 2. The van der Waals surface area contributed by atoms with Crippen LogP contribution in [-0.2, 0) is 21.2 Å². The molecule has 8 heteroatoms. The molecule has 0 unspecified atom stereocenters. The van der Waals surface area contributed by atoms with Crippen LogP contribution in [0.25, 0.3) is 0 Å². The van der Waals surface area contributed by atoms with Crippen LogP contribution in [0.2, 0.25) is 0 Å². The summed E-state index contributed by atoms with van der Waals surface area (Å²) in [5.41, 5.74) is 1.45. The maximum Gasteiger partial charge on any atom is 0.244 e. The van der Waals surface area contributed by atoms with E-state index >= 15 is 0 Å². The summed E-state index contributed by atoms with van der Waals surface area (Å²) >= 11 is 0. The first-order valence-electron chi connectivity index (χ1n) is 8.90. The van der Waals surface area contributed by atoms with Crippen molar-refractivity contribution >= 4 is 21.7 Å². The molecule has 1 heterocycles. The van der Waals surface area contributed by atoms with Crippen molar-refractivity contribution in [3.05, 3.63) is 89.9 Å². The fourth-order valence-electron chi connectivity index (χ4n) is 2.78. The molecule has 29 heavy (non-hydrogen) atoms. The van der Waals surface area contributed by atoms with E-state index in [9.17, 15) is 17.6 Å². The van der Waals surface area contributed by atoms with E-state index in [1.165, 1.54) is 12.1 Å². The lowest BCUT2D eigenvalue weighted by atomic mass is 10.1. The summed E-state index contributed by atoms with van der Waals surface area (Å²) in [7, 11) is -4.26. The summed E-state index contributed by atoms with van der Waals surface area (Å²) in [6.07, 6.45) is 0.0895. The smallest absolute Gasteiger partial charge is 0.244 e. The van der Waals surface area contributed by atoms with Crippen LogP contribution >= 0.6 is 0 Å². The van der Waals surface area contributed by atoms with Crippen molar-refractivity contribution < 1.29 is 17.6 Å². The Bertz CT molecular complexity index is 1100. The molecule has 0 aliphatic heterocycles. The van der Waals surface area contributed by atoms with Gasteiger partial charge in [0.1, 0.15) is 22.6 Å². The standard InChI is InChI=1S/C21H20FN3O3S/c1-15-8-7-13-20(23-15)24-21(26)18(14-16-9-3-2-4-10-16)25-29(27,28)19-12-6-5-11-17(19)22/h2-13,18,25H,14H2,1H3,(H,23,24,26)/t18-/m1/s1. The van der Waals surface area contributed by atoms with Crippen molar-refractivity contribution in [1.82, 2.24) is 9.71 Å². The van der Waals surface area contributed by atoms with E-state index in [4.69, 9.17) is 0 Å². The molecule has 0 saturated heterocycles. The summed E-state index contributed by atoms with van der Waals surface area (Å²) in [5, 5.41) is 2.62. The number of aromatic nitrogens is 1. The molecule has 0 spiro atoms. The van der Waals surface area contributed by atoms with Gasteiger partial charge in [-0.15, -0.1) is 0 Å². The van der Waals surface area contributed by atoms with Gasteiger partial charge in [0.2, 0.25) is 15.9 Å². The maximum atomic E-state index is 14.0. The topological polar surface area (TPSA) is 88.2 Å². The summed E-state index contributed by atoms with van der Waals surface area (Å²) in [6, 6.07) is 17.9. The first-order valence-corrected chi connectivity index (χ1v) is 10.4. The van der Waals surface area contributed by atoms with Crippen molar-refractivity contribution in [1.29, 1.82) is 0 Å². The van der Waals surface area contributed by atoms with Crippen molar-refractivity contribution in [3.8, 4) is 0 Å². The van der Waals surface area contributed by atoms with E-state index in [2.05, 4.69) is 15.0 Å². The number of rotatable bonds is 7. The molecule has 0 aliphatic carbocycles. The van der Waals surface area contributed by atoms with Crippen LogP contribution in [0, 0.1) is 12.7 Å². The molecule has 150 valence electrons. The highest BCUT2D eigenvalue weighted by molar-refractivity contribution is 7.89. The fourth-order valence-corrected chi connectivity index (χ4v) is 4.05. The van der Waals surface area contributed by atoms with Gasteiger partial charge in [0.25, 0.3) is 0 Å². The van der Waals surface area contributed by atoms with Crippen molar-refractivity contribution in [2.75, 3.05) is 5.32 Å². The molecule has 3 rings (SSSR count). The van der Waals surface area contributed by atoms with Gasteiger partial charge in [0.05, 0.1) is 0 Å². The second-order valence-corrected chi connectivity index (χ2v) is 8.13. The Labute approximate surface area is 168 Å². The van der Waals surface area contributed by atoms with Crippen LogP contribution in [0.4, 0.5) is 10.2 Å². The Hall–Kier alpha value is -3.10. The number of nitrogens with one attached hydrogen (secondary N) is 2. The van der Waals surface area contributed by atoms with Crippen LogP contribution in [0.5, 0.6) is 0 Å². The Morgan fingerprint density at radius 1 is 1.00 bits per heavy atom. The quantitative estimate of drug-likeness (QED) is 0.623. The predicted octanol–water partition coefficient (Wildman–Crippen LogP) is 3.06. The highest BCUT2D eigenvalue weighted by Crippen LogP contribution is 2.16. The predicted molar refractivity (Wildman–Crippen MR) is 108 cm³/mol. The number of aryl methyl sites for hydroxylation is 1. The van der Waals surface area contributed by atoms with E-state index < -0.39 is 32.7 Å². The summed E-state index contributed by atoms with van der Waals surface area (Å²) in [6.45, 7) is 1.78. The van der Waals surface area contributed by atoms with Gasteiger partial charge in [-0.3, -0.25) is 4.79 Å². The molecule has 6 nitrogen and oxygen atoms in total. The van der Waals surface area contributed by atoms with E-state index in [1.54, 1.807) is 49.4 Å². The summed E-state index contributed by atoms with van der Waals surface area (Å²) < 4.78 is 41.8. The molecule has 0 radical (unpaired) electrons. The number of hydrogen-bond donors (Lipinski definition) is 2. The average molecular weight is 413 g/mol. The van der Waals surface area contributed by atoms with Gasteiger partial charge in [0, 0.05) is 5.69 Å². The lowest BCUT2D eigenvalue weighted by Crippen LogP contribution is -2.45. The molecule has 1 aromatic heterocycles. The van der Waals surface area contributed by atoms with E-state index in [0.717, 1.165) is 17.7 Å². The number of hydrogen-bond acceptors (Lipinski definition) is 4. The van der Waals surface area contributed by atoms with Crippen LogP contribution in [0.1, 0.15) is 11.3 Å². The molecule has 3 aromatic rings. The number of sulfonamides is 1. The van der Waals surface area contributed by atoms with Crippen LogP contribution in [0.15, 0.2) is 77.7 Å². The second-order valence-electron chi connectivity index (χ2n) is 6.45. The number of amides is 1. The molecular weight excluding hydrogens is 393 g/mol. The number of halogens is 1. The second kappa shape index (κ2) is 8.93. The van der Waals surface area contributed by atoms with Crippen molar-refractivity contribution in [2.45, 2.75) is 24.3 Å². The summed E-state index contributed by atoms with van der Waals surface area (Å²) in [4.78, 5) is 16.5. The van der Waals surface area contributed by atoms with E-state index in [-0.39, 0.29) is 6.42 Å². The zero-order chi connectivity index (χ0) is 20.9. The number of pyridine rings is 1. The SMILES string of the molecule is Cc1cccc(NC(=O)[C@@H](Cc2ccccc2)NS(=O)(=O)c2ccccc2F)n1. The highest BCUT2D eigenvalue weighted by Gasteiger charge is 2.28. The third kappa shape index (κ3) is 5.46. The first kappa shape index (κ1) is 20.6. The van der Waals surface area contributed by atoms with Gasteiger partial charge < -0.3 is 5.32 Å². The first-order chi connectivity index (χ1) is 13.8. The molecular formula is C21H20FN3O3S. The van der Waals surface area contributed by atoms with Gasteiger partial charge in [-0.25, -0.2) is 17.8 Å². The van der Waals surface area contributed by atoms with Crippen LogP contribution in [0.3, 0.4) is 0 Å². The van der Waals surface area contributed by atoms with E-state index in [1.807, 2.05) is 6.07 Å². The largest absolute Gasteiger partial charge is 0.309 e. The number of carbonyl (C=O) groups is 1. The molecule has 0 saturated carbocycles. The Morgan fingerprint density at radius 2 is 1.69 bits per heavy atom. The lowest BCUT2D eigenvalue weighted by molar-refractivity contribution is -0.117. The zero-order valence-corrected chi connectivity index (χ0v) is 16.5. The fraction of sp³-hybridized carbons (Fsp3) is 0.143. The Balaban J connectivity index is 1.88. The minimum Gasteiger partial charge on any atom is -0.309 e. The Morgan fingerprint density at radius 3 is 2.38 bits per heavy atom. The van der Waals surface area contributed by atoms with Crippen molar-refractivity contribution in [2.24, 2.45) is 0 Å². The van der Waals surface area contributed by atoms with Gasteiger partial charge >= 0.3 is 0 Å². The molecule has 0 aliphatic rings. The minimum atomic E-state index is -4.26. The van der Waals surface area contributed by atoms with Crippen LogP contribution in [-0.4, -0.2) is 25.4 Å². The molecule has 0 fully saturated rings. The summed E-state index contributed by atoms with van der Waals surface area (Å²) in [5.74, 6) is -1.18. The van der Waals surface area contributed by atoms with Crippen LogP contribution < -0.4 is 10.0 Å². The minimum absolute atomic E-state index is 0.0895. The average Bonchev–Trinajstić information content (AvgIpc) is 2.68.